The fraction of sp³-hybridized carbons (Fsp3) is 0.538. The lowest BCUT2D eigenvalue weighted by Crippen LogP contribution is -2.40. The van der Waals surface area contributed by atoms with Gasteiger partial charge in [-0.3, -0.25) is 4.90 Å². The predicted molar refractivity (Wildman–Crippen MR) is 76.5 cm³/mol. The van der Waals surface area contributed by atoms with Crippen LogP contribution in [0.5, 0.6) is 0 Å². The van der Waals surface area contributed by atoms with Crippen LogP contribution >= 0.6 is 27.5 Å². The van der Waals surface area contributed by atoms with E-state index in [0.29, 0.717) is 6.04 Å². The van der Waals surface area contributed by atoms with Gasteiger partial charge in [0, 0.05) is 22.1 Å². The highest BCUT2D eigenvalue weighted by molar-refractivity contribution is 9.10. The Morgan fingerprint density at radius 1 is 1.41 bits per heavy atom. The van der Waals surface area contributed by atoms with Crippen LogP contribution in [0.3, 0.4) is 0 Å². The van der Waals surface area contributed by atoms with Gasteiger partial charge in [0.2, 0.25) is 0 Å². The Kier molecular flexibility index (Phi) is 4.86. The minimum atomic E-state index is 0.689. The standard InChI is InChI=1S/C13H18BrClN2/c1-16-12-4-6-17(7-5-12)9-10-8-11(15)2-3-13(10)14/h2-3,8,12,16H,4-7,9H2,1H3. The molecule has 4 heteroatoms. The van der Waals surface area contributed by atoms with E-state index in [0.717, 1.165) is 29.1 Å². The normalized spacial score (nSPS) is 18.5. The maximum atomic E-state index is 6.03. The van der Waals surface area contributed by atoms with Gasteiger partial charge < -0.3 is 5.32 Å². The van der Waals surface area contributed by atoms with Gasteiger partial charge in [-0.25, -0.2) is 0 Å². The quantitative estimate of drug-likeness (QED) is 0.920. The van der Waals surface area contributed by atoms with Crippen molar-refractivity contribution in [1.82, 2.24) is 10.2 Å². The monoisotopic (exact) mass is 316 g/mol. The van der Waals surface area contributed by atoms with Gasteiger partial charge in [-0.1, -0.05) is 27.5 Å². The Morgan fingerprint density at radius 2 is 2.12 bits per heavy atom. The first kappa shape index (κ1) is 13.3. The van der Waals surface area contributed by atoms with E-state index in [1.54, 1.807) is 0 Å². The molecule has 1 fully saturated rings. The number of nitrogens with one attached hydrogen (secondary N) is 1. The van der Waals surface area contributed by atoms with E-state index < -0.39 is 0 Å². The molecule has 0 unspecified atom stereocenters. The van der Waals surface area contributed by atoms with E-state index in [-0.39, 0.29) is 0 Å². The van der Waals surface area contributed by atoms with Crippen molar-refractivity contribution in [3.63, 3.8) is 0 Å². The zero-order valence-electron chi connectivity index (χ0n) is 10.0. The van der Waals surface area contributed by atoms with Crippen molar-refractivity contribution in [1.29, 1.82) is 0 Å². The summed E-state index contributed by atoms with van der Waals surface area (Å²) in [4.78, 5) is 2.49. The van der Waals surface area contributed by atoms with Crippen LogP contribution in [0.1, 0.15) is 18.4 Å². The molecule has 1 N–H and O–H groups in total. The fourth-order valence-electron chi connectivity index (χ4n) is 2.29. The van der Waals surface area contributed by atoms with Gasteiger partial charge in [-0.05, 0) is 56.7 Å². The minimum Gasteiger partial charge on any atom is -0.317 e. The molecule has 1 aliphatic rings. The number of likely N-dealkylation sites (tertiary alicyclic amines) is 1. The summed E-state index contributed by atoms with van der Waals surface area (Å²) < 4.78 is 1.15. The summed E-state index contributed by atoms with van der Waals surface area (Å²) in [6, 6.07) is 6.69. The summed E-state index contributed by atoms with van der Waals surface area (Å²) in [5.74, 6) is 0. The SMILES string of the molecule is CNC1CCN(Cc2cc(Cl)ccc2Br)CC1. The molecular formula is C13H18BrClN2. The molecule has 1 aromatic rings. The number of nitrogens with zero attached hydrogens (tertiary/aromatic N) is 1. The van der Waals surface area contributed by atoms with Gasteiger partial charge >= 0.3 is 0 Å². The van der Waals surface area contributed by atoms with E-state index in [9.17, 15) is 0 Å². The second-order valence-corrected chi connectivity index (χ2v) is 5.87. The number of benzene rings is 1. The van der Waals surface area contributed by atoms with Crippen molar-refractivity contribution in [3.8, 4) is 0 Å². The Labute approximate surface area is 116 Å². The van der Waals surface area contributed by atoms with Crippen molar-refractivity contribution in [2.24, 2.45) is 0 Å². The van der Waals surface area contributed by atoms with Gasteiger partial charge in [0.25, 0.3) is 0 Å². The Balaban J connectivity index is 1.95. The molecule has 0 amide bonds. The Hall–Kier alpha value is -0.0900. The zero-order chi connectivity index (χ0) is 12.3. The third-order valence-electron chi connectivity index (χ3n) is 3.40. The number of piperidine rings is 1. The van der Waals surface area contributed by atoms with Crippen molar-refractivity contribution in [3.05, 3.63) is 33.3 Å². The van der Waals surface area contributed by atoms with Crippen LogP contribution in [0.25, 0.3) is 0 Å². The van der Waals surface area contributed by atoms with E-state index in [4.69, 9.17) is 11.6 Å². The molecule has 2 nitrogen and oxygen atoms in total. The molecule has 94 valence electrons. The van der Waals surface area contributed by atoms with Crippen molar-refractivity contribution < 1.29 is 0 Å². The largest absolute Gasteiger partial charge is 0.317 e. The summed E-state index contributed by atoms with van der Waals surface area (Å²) in [6.45, 7) is 3.30. The van der Waals surface area contributed by atoms with Gasteiger partial charge in [-0.2, -0.15) is 0 Å². The number of hydrogen-bond acceptors (Lipinski definition) is 2. The molecule has 0 aromatic heterocycles. The average Bonchev–Trinajstić information content (AvgIpc) is 2.35. The van der Waals surface area contributed by atoms with Gasteiger partial charge in [0.15, 0.2) is 0 Å². The summed E-state index contributed by atoms with van der Waals surface area (Å²) in [6.07, 6.45) is 2.46. The van der Waals surface area contributed by atoms with Crippen LogP contribution in [-0.4, -0.2) is 31.1 Å². The van der Waals surface area contributed by atoms with Gasteiger partial charge in [0.05, 0.1) is 0 Å². The highest BCUT2D eigenvalue weighted by Gasteiger charge is 2.18. The molecule has 0 spiro atoms. The Bertz CT molecular complexity index is 376. The first-order chi connectivity index (χ1) is 8.19. The van der Waals surface area contributed by atoms with Crippen LogP contribution in [0.2, 0.25) is 5.02 Å². The predicted octanol–water partition coefficient (Wildman–Crippen LogP) is 3.29. The lowest BCUT2D eigenvalue weighted by molar-refractivity contribution is 0.194. The zero-order valence-corrected chi connectivity index (χ0v) is 12.4. The molecule has 1 aromatic carbocycles. The van der Waals surface area contributed by atoms with Crippen LogP contribution in [0.4, 0.5) is 0 Å². The van der Waals surface area contributed by atoms with Gasteiger partial charge in [-0.15, -0.1) is 0 Å². The van der Waals surface area contributed by atoms with E-state index in [1.807, 2.05) is 19.2 Å². The maximum absolute atomic E-state index is 6.03. The molecule has 1 heterocycles. The highest BCUT2D eigenvalue weighted by atomic mass is 79.9. The van der Waals surface area contributed by atoms with E-state index in [2.05, 4.69) is 32.2 Å². The molecule has 0 bridgehead atoms. The van der Waals surface area contributed by atoms with Crippen molar-refractivity contribution >= 4 is 27.5 Å². The molecule has 17 heavy (non-hydrogen) atoms. The van der Waals surface area contributed by atoms with Gasteiger partial charge in [0.1, 0.15) is 0 Å². The summed E-state index contributed by atoms with van der Waals surface area (Å²) in [7, 11) is 2.05. The molecule has 2 rings (SSSR count). The summed E-state index contributed by atoms with van der Waals surface area (Å²) in [5, 5.41) is 4.17. The fourth-order valence-corrected chi connectivity index (χ4v) is 2.85. The molecule has 0 radical (unpaired) electrons. The molecule has 0 aliphatic carbocycles. The summed E-state index contributed by atoms with van der Waals surface area (Å²) >= 11 is 9.62. The first-order valence-corrected chi connectivity index (χ1v) is 7.19. The lowest BCUT2D eigenvalue weighted by atomic mass is 10.0. The molecular weight excluding hydrogens is 300 g/mol. The number of halogens is 2. The second-order valence-electron chi connectivity index (χ2n) is 4.57. The number of hydrogen-bond donors (Lipinski definition) is 1. The third-order valence-corrected chi connectivity index (χ3v) is 4.41. The third kappa shape index (κ3) is 3.68. The van der Waals surface area contributed by atoms with Crippen molar-refractivity contribution in [2.45, 2.75) is 25.4 Å². The maximum Gasteiger partial charge on any atom is 0.0410 e. The van der Waals surface area contributed by atoms with Crippen molar-refractivity contribution in [2.75, 3.05) is 20.1 Å². The molecule has 0 saturated carbocycles. The summed E-state index contributed by atoms with van der Waals surface area (Å²) in [5.41, 5.74) is 1.28. The first-order valence-electron chi connectivity index (χ1n) is 6.02. The highest BCUT2D eigenvalue weighted by Crippen LogP contribution is 2.23. The molecule has 1 aliphatic heterocycles. The Morgan fingerprint density at radius 3 is 2.76 bits per heavy atom. The number of rotatable bonds is 3. The van der Waals surface area contributed by atoms with Crippen LogP contribution in [0, 0.1) is 0 Å². The minimum absolute atomic E-state index is 0.689. The lowest BCUT2D eigenvalue weighted by Gasteiger charge is -2.32. The van der Waals surface area contributed by atoms with Crippen LogP contribution in [-0.2, 0) is 6.54 Å². The molecule has 1 saturated heterocycles. The van der Waals surface area contributed by atoms with Crippen LogP contribution < -0.4 is 5.32 Å². The van der Waals surface area contributed by atoms with E-state index >= 15 is 0 Å². The smallest absolute Gasteiger partial charge is 0.0410 e. The van der Waals surface area contributed by atoms with Crippen LogP contribution in [0.15, 0.2) is 22.7 Å². The average molecular weight is 318 g/mol. The molecule has 0 atom stereocenters. The van der Waals surface area contributed by atoms with E-state index in [1.165, 1.54) is 18.4 Å². The second kappa shape index (κ2) is 6.19. The topological polar surface area (TPSA) is 15.3 Å².